The Kier molecular flexibility index (Phi) is 4.85. The minimum Gasteiger partial charge on any atom is -0.361 e. The highest BCUT2D eigenvalue weighted by Gasteiger charge is 2.43. The van der Waals surface area contributed by atoms with Crippen LogP contribution in [0.15, 0.2) is 24.4 Å². The van der Waals surface area contributed by atoms with Crippen LogP contribution in [-0.4, -0.2) is 35.3 Å². The van der Waals surface area contributed by atoms with Gasteiger partial charge in [0.25, 0.3) is 0 Å². The van der Waals surface area contributed by atoms with E-state index in [4.69, 9.17) is 25.3 Å². The largest absolute Gasteiger partial charge is 0.361 e. The molecule has 2 nitrogen and oxygen atoms in total. The fourth-order valence-corrected chi connectivity index (χ4v) is 3.07. The van der Waals surface area contributed by atoms with Crippen LogP contribution >= 0.6 is 25.3 Å². The Balaban J connectivity index is 2.55. The second-order valence-corrected chi connectivity index (χ2v) is 7.93. The zero-order valence-electron chi connectivity index (χ0n) is 13.2. The first-order chi connectivity index (χ1) is 10.1. The lowest BCUT2D eigenvalue weighted by Crippen LogP contribution is -2.49. The molecule has 0 radical (unpaired) electrons. The molecule has 0 fully saturated rings. The first-order valence-electron chi connectivity index (χ1n) is 7.08. The maximum absolute atomic E-state index is 12.6. The van der Waals surface area contributed by atoms with Gasteiger partial charge >= 0.3 is 0 Å². The number of rotatable bonds is 5. The maximum Gasteiger partial charge on any atom is 0.242 e. The van der Waals surface area contributed by atoms with Crippen molar-refractivity contribution in [2.24, 2.45) is 0 Å². The van der Waals surface area contributed by atoms with Gasteiger partial charge in [0.2, 0.25) is 6.43 Å². The van der Waals surface area contributed by atoms with Crippen molar-refractivity contribution in [2.75, 3.05) is 14.1 Å². The topological polar surface area (TPSA) is 19.0 Å². The summed E-state index contributed by atoms with van der Waals surface area (Å²) in [6.07, 6.45) is -0.698. The lowest BCUT2D eigenvalue weighted by molar-refractivity contribution is 0.149. The summed E-state index contributed by atoms with van der Waals surface area (Å²) in [5.74, 6) is 0. The molecule has 0 saturated carbocycles. The number of hydrogen-bond donors (Lipinski definition) is 3. The number of H-pyrrole nitrogens is 1. The minimum atomic E-state index is -2.35. The molecule has 0 aliphatic carbocycles. The van der Waals surface area contributed by atoms with Crippen molar-refractivity contribution in [3.05, 3.63) is 35.5 Å². The number of halogens is 2. The molecule has 0 aliphatic heterocycles. The van der Waals surface area contributed by atoms with Gasteiger partial charge in [-0.25, -0.2) is 8.78 Å². The molecule has 1 heterocycles. The van der Waals surface area contributed by atoms with Gasteiger partial charge in [0.1, 0.15) is 0 Å². The van der Waals surface area contributed by atoms with E-state index in [2.05, 4.69) is 4.98 Å². The van der Waals surface area contributed by atoms with E-state index in [9.17, 15) is 8.78 Å². The van der Waals surface area contributed by atoms with Crippen molar-refractivity contribution >= 4 is 36.2 Å². The molecule has 2 unspecified atom stereocenters. The number of nitrogens with one attached hydrogen (secondary N) is 1. The number of nitrogens with zero attached hydrogens (tertiary/aromatic N) is 1. The van der Waals surface area contributed by atoms with E-state index < -0.39 is 16.0 Å². The number of fused-ring (bicyclic) bond motifs is 1. The molecule has 1 N–H and O–H groups in total. The first-order valence-corrected chi connectivity index (χ1v) is 7.97. The van der Waals surface area contributed by atoms with Gasteiger partial charge in [-0.3, -0.25) is 4.90 Å². The molecule has 2 aromatic rings. The molecule has 0 amide bonds. The van der Waals surface area contributed by atoms with E-state index in [1.54, 1.807) is 6.07 Å². The number of aromatic amines is 1. The van der Waals surface area contributed by atoms with E-state index in [-0.39, 0.29) is 6.42 Å². The number of thiol groups is 2. The van der Waals surface area contributed by atoms with E-state index in [1.165, 1.54) is 0 Å². The van der Waals surface area contributed by atoms with E-state index in [0.29, 0.717) is 5.56 Å². The molecule has 0 bridgehead atoms. The zero-order chi connectivity index (χ0) is 16.7. The number of benzene rings is 1. The Bertz CT molecular complexity index is 663. The lowest BCUT2D eigenvalue weighted by atomic mass is 9.90. The molecule has 122 valence electrons. The van der Waals surface area contributed by atoms with Crippen LogP contribution in [0, 0.1) is 0 Å². The highest BCUT2D eigenvalue weighted by atomic mass is 32.1. The quantitative estimate of drug-likeness (QED) is 0.544. The molecule has 0 spiro atoms. The first kappa shape index (κ1) is 17.6. The normalized spacial score (nSPS) is 17.9. The van der Waals surface area contributed by atoms with Gasteiger partial charge in [0.15, 0.2) is 0 Å². The molecule has 0 aliphatic rings. The second-order valence-electron chi connectivity index (χ2n) is 6.16. The molecule has 2 atom stereocenters. The number of likely N-dealkylation sites (N-methyl/N-ethyl adjacent to an activating group) is 1. The molecule has 6 heteroatoms. The fourth-order valence-electron chi connectivity index (χ4n) is 2.57. The Labute approximate surface area is 141 Å². The Morgan fingerprint density at radius 3 is 2.41 bits per heavy atom. The standard InChI is InChI=1S/C16H22F2N2S2/c1-15(21,16(2,22)20(3)4)12-9-19-13-6-5-10(7-11(12)13)8-14(17)18/h5-7,9,14,19,21-22H,8H2,1-4H3. The number of alkyl halides is 2. The van der Waals surface area contributed by atoms with Crippen molar-refractivity contribution in [1.82, 2.24) is 9.88 Å². The second kappa shape index (κ2) is 6.06. The van der Waals surface area contributed by atoms with Crippen molar-refractivity contribution in [3.8, 4) is 0 Å². The van der Waals surface area contributed by atoms with Crippen LogP contribution in [-0.2, 0) is 11.2 Å². The van der Waals surface area contributed by atoms with Gasteiger partial charge in [-0.2, -0.15) is 25.3 Å². The van der Waals surface area contributed by atoms with Crippen molar-refractivity contribution < 1.29 is 8.78 Å². The van der Waals surface area contributed by atoms with Gasteiger partial charge in [-0.1, -0.05) is 6.07 Å². The van der Waals surface area contributed by atoms with Crippen LogP contribution in [0.3, 0.4) is 0 Å². The van der Waals surface area contributed by atoms with Crippen molar-refractivity contribution in [2.45, 2.75) is 36.3 Å². The monoisotopic (exact) mass is 344 g/mol. The predicted molar refractivity (Wildman–Crippen MR) is 95.4 cm³/mol. The molecular weight excluding hydrogens is 322 g/mol. The summed E-state index contributed by atoms with van der Waals surface area (Å²) in [7, 11) is 3.89. The smallest absolute Gasteiger partial charge is 0.242 e. The fraction of sp³-hybridized carbons (Fsp3) is 0.500. The molecule has 1 aromatic heterocycles. The third-order valence-corrected chi connectivity index (χ3v) is 6.15. The Hall–Kier alpha value is -0.720. The van der Waals surface area contributed by atoms with Crippen LogP contribution in [0.2, 0.25) is 0 Å². The van der Waals surface area contributed by atoms with Crippen LogP contribution in [0.25, 0.3) is 10.9 Å². The van der Waals surface area contributed by atoms with Gasteiger partial charge in [-0.05, 0) is 51.2 Å². The summed E-state index contributed by atoms with van der Waals surface area (Å²) < 4.78 is 24.7. The molecule has 0 saturated heterocycles. The summed E-state index contributed by atoms with van der Waals surface area (Å²) in [4.78, 5) is 4.66. The van der Waals surface area contributed by atoms with Gasteiger partial charge in [-0.15, -0.1) is 0 Å². The Morgan fingerprint density at radius 1 is 1.23 bits per heavy atom. The average Bonchev–Trinajstić information content (AvgIpc) is 2.81. The van der Waals surface area contributed by atoms with Crippen LogP contribution in [0.4, 0.5) is 8.78 Å². The van der Waals surface area contributed by atoms with Gasteiger partial charge < -0.3 is 4.98 Å². The summed E-state index contributed by atoms with van der Waals surface area (Å²) >= 11 is 9.63. The minimum absolute atomic E-state index is 0.240. The summed E-state index contributed by atoms with van der Waals surface area (Å²) in [6.45, 7) is 3.98. The highest BCUT2D eigenvalue weighted by Crippen LogP contribution is 2.46. The third kappa shape index (κ3) is 3.01. The highest BCUT2D eigenvalue weighted by molar-refractivity contribution is 7.86. The van der Waals surface area contributed by atoms with Crippen LogP contribution in [0.5, 0.6) is 0 Å². The maximum atomic E-state index is 12.6. The van der Waals surface area contributed by atoms with Gasteiger partial charge in [0, 0.05) is 23.5 Å². The summed E-state index contributed by atoms with van der Waals surface area (Å²) in [5, 5.41) is 0.915. The lowest BCUT2D eigenvalue weighted by Gasteiger charge is -2.44. The number of hydrogen-bond acceptors (Lipinski definition) is 3. The Morgan fingerprint density at radius 2 is 1.86 bits per heavy atom. The predicted octanol–water partition coefficient (Wildman–Crippen LogP) is 4.33. The summed E-state index contributed by atoms with van der Waals surface area (Å²) in [6, 6.07) is 5.39. The SMILES string of the molecule is CN(C)C(C)(S)C(C)(S)c1c[nH]c2ccc(CC(F)F)cc12. The molecule has 1 aromatic carbocycles. The van der Waals surface area contributed by atoms with E-state index in [1.807, 2.05) is 51.2 Å². The zero-order valence-corrected chi connectivity index (χ0v) is 15.0. The third-order valence-electron chi connectivity index (χ3n) is 4.45. The molecular formula is C16H22F2N2S2. The molecule has 2 rings (SSSR count). The van der Waals surface area contributed by atoms with E-state index in [0.717, 1.165) is 16.5 Å². The van der Waals surface area contributed by atoms with Crippen LogP contribution < -0.4 is 0 Å². The van der Waals surface area contributed by atoms with Crippen molar-refractivity contribution in [1.29, 1.82) is 0 Å². The number of aromatic nitrogens is 1. The summed E-state index contributed by atoms with van der Waals surface area (Å²) in [5.41, 5.74) is 2.49. The van der Waals surface area contributed by atoms with E-state index >= 15 is 0 Å². The average molecular weight is 344 g/mol. The molecule has 22 heavy (non-hydrogen) atoms. The van der Waals surface area contributed by atoms with Crippen molar-refractivity contribution in [3.63, 3.8) is 0 Å². The van der Waals surface area contributed by atoms with Gasteiger partial charge in [0.05, 0.1) is 9.62 Å². The van der Waals surface area contributed by atoms with Crippen LogP contribution in [0.1, 0.15) is 25.0 Å².